The second-order valence-corrected chi connectivity index (χ2v) is 8.41. The predicted octanol–water partition coefficient (Wildman–Crippen LogP) is 2.96. The van der Waals surface area contributed by atoms with E-state index >= 15 is 0 Å². The third kappa shape index (κ3) is 4.68. The summed E-state index contributed by atoms with van der Waals surface area (Å²) in [7, 11) is 0. The van der Waals surface area contributed by atoms with Gasteiger partial charge in [0.25, 0.3) is 0 Å². The van der Waals surface area contributed by atoms with Crippen LogP contribution in [0.1, 0.15) is 18.4 Å². The lowest BCUT2D eigenvalue weighted by Gasteiger charge is -2.37. The molecule has 1 aromatic heterocycles. The Kier molecular flexibility index (Phi) is 5.78. The van der Waals surface area contributed by atoms with E-state index in [1.807, 2.05) is 36.4 Å². The number of amides is 1. The average Bonchev–Trinajstić information content (AvgIpc) is 3.26. The molecule has 2 saturated heterocycles. The molecule has 0 aliphatic carbocycles. The number of carbonyl (C=O) groups is 1. The van der Waals surface area contributed by atoms with Gasteiger partial charge in [0, 0.05) is 43.3 Å². The molecule has 1 atom stereocenters. The molecule has 3 aromatic rings. The summed E-state index contributed by atoms with van der Waals surface area (Å²) >= 11 is 0. The van der Waals surface area contributed by atoms with Crippen molar-refractivity contribution in [1.82, 2.24) is 19.8 Å². The van der Waals surface area contributed by atoms with Crippen molar-refractivity contribution in [2.75, 3.05) is 43.4 Å². The van der Waals surface area contributed by atoms with Gasteiger partial charge in [-0.05, 0) is 43.1 Å². The van der Waals surface area contributed by atoms with E-state index in [0.29, 0.717) is 19.1 Å². The molecule has 7 nitrogen and oxygen atoms in total. The lowest BCUT2D eigenvalue weighted by molar-refractivity contribution is -0.117. The van der Waals surface area contributed by atoms with Gasteiger partial charge < -0.3 is 10.6 Å². The summed E-state index contributed by atoms with van der Waals surface area (Å²) in [6.07, 6.45) is 4.10. The summed E-state index contributed by atoms with van der Waals surface area (Å²) in [5.41, 5.74) is 2.80. The highest BCUT2D eigenvalue weighted by molar-refractivity contribution is 5.97. The molecule has 0 saturated carbocycles. The van der Waals surface area contributed by atoms with Gasteiger partial charge in [-0.15, -0.1) is 0 Å². The molecule has 2 N–H and O–H groups in total. The number of carbonyl (C=O) groups excluding carboxylic acids is 1. The molecule has 5 rings (SSSR count). The van der Waals surface area contributed by atoms with E-state index < -0.39 is 0 Å². The third-order valence-corrected chi connectivity index (χ3v) is 6.26. The van der Waals surface area contributed by atoms with Gasteiger partial charge >= 0.3 is 0 Å². The number of rotatable bonds is 6. The molecule has 31 heavy (non-hydrogen) atoms. The molecule has 0 spiro atoms. The van der Waals surface area contributed by atoms with Crippen LogP contribution in [0.5, 0.6) is 0 Å². The van der Waals surface area contributed by atoms with Crippen LogP contribution in [0, 0.1) is 0 Å². The summed E-state index contributed by atoms with van der Waals surface area (Å²) in [6.45, 7) is 5.35. The lowest BCUT2D eigenvalue weighted by atomic mass is 10.1. The average molecular weight is 417 g/mol. The number of hydrogen-bond donors (Lipinski definition) is 2. The van der Waals surface area contributed by atoms with Gasteiger partial charge in [0.05, 0.1) is 12.1 Å². The molecule has 2 aromatic carbocycles. The van der Waals surface area contributed by atoms with Gasteiger partial charge in [0.1, 0.15) is 12.1 Å². The number of hydrogen-bond acceptors (Lipinski definition) is 6. The van der Waals surface area contributed by atoms with Crippen molar-refractivity contribution < 1.29 is 4.79 Å². The van der Waals surface area contributed by atoms with E-state index in [1.165, 1.54) is 24.9 Å². The molecule has 7 heteroatoms. The van der Waals surface area contributed by atoms with Gasteiger partial charge in [-0.1, -0.05) is 30.3 Å². The van der Waals surface area contributed by atoms with Crippen molar-refractivity contribution in [2.45, 2.75) is 25.4 Å². The number of piperazine rings is 1. The molecule has 0 bridgehead atoms. The molecule has 160 valence electrons. The number of nitrogens with zero attached hydrogens (tertiary/aromatic N) is 4. The maximum atomic E-state index is 12.7. The van der Waals surface area contributed by atoms with Gasteiger partial charge in [-0.2, -0.15) is 0 Å². The normalized spacial score (nSPS) is 19.3. The zero-order valence-corrected chi connectivity index (χ0v) is 17.6. The summed E-state index contributed by atoms with van der Waals surface area (Å²) in [4.78, 5) is 26.3. The van der Waals surface area contributed by atoms with E-state index in [9.17, 15) is 4.79 Å². The lowest BCUT2D eigenvalue weighted by Crippen LogP contribution is -2.51. The first-order valence-corrected chi connectivity index (χ1v) is 11.0. The number of aromatic nitrogens is 2. The van der Waals surface area contributed by atoms with E-state index in [-0.39, 0.29) is 5.91 Å². The van der Waals surface area contributed by atoms with Crippen molar-refractivity contribution in [1.29, 1.82) is 0 Å². The standard InChI is InChI=1S/C24H28N6O/c31-23(16-29-11-12-30-10-4-7-20(30)15-29)28-19-8-9-22-21(13-19)24(27-17-26-22)25-14-18-5-2-1-3-6-18/h1-3,5-6,8-9,13,17,20H,4,7,10-12,14-16H2,(H,28,31)(H,25,26,27). The van der Waals surface area contributed by atoms with Crippen LogP contribution in [0.2, 0.25) is 0 Å². The topological polar surface area (TPSA) is 73.4 Å². The minimum atomic E-state index is 0.0291. The Morgan fingerprint density at radius 1 is 1.06 bits per heavy atom. The fourth-order valence-corrected chi connectivity index (χ4v) is 4.66. The first kappa shape index (κ1) is 19.9. The van der Waals surface area contributed by atoms with Crippen LogP contribution in [-0.2, 0) is 11.3 Å². The fraction of sp³-hybridized carbons (Fsp3) is 0.375. The first-order chi connectivity index (χ1) is 15.2. The minimum absolute atomic E-state index is 0.0291. The fourth-order valence-electron chi connectivity index (χ4n) is 4.66. The first-order valence-electron chi connectivity index (χ1n) is 11.0. The Bertz CT molecular complexity index is 1060. The molecule has 2 aliphatic rings. The highest BCUT2D eigenvalue weighted by Crippen LogP contribution is 2.24. The van der Waals surface area contributed by atoms with Crippen molar-refractivity contribution in [2.24, 2.45) is 0 Å². The quantitative estimate of drug-likeness (QED) is 0.644. The molecule has 2 fully saturated rings. The van der Waals surface area contributed by atoms with E-state index in [2.05, 4.69) is 42.5 Å². The zero-order valence-electron chi connectivity index (χ0n) is 17.6. The van der Waals surface area contributed by atoms with E-state index in [4.69, 9.17) is 0 Å². The summed E-state index contributed by atoms with van der Waals surface area (Å²) in [5.74, 6) is 0.795. The second kappa shape index (κ2) is 8.99. The van der Waals surface area contributed by atoms with Gasteiger partial charge in [-0.3, -0.25) is 14.6 Å². The smallest absolute Gasteiger partial charge is 0.238 e. The number of benzene rings is 2. The Morgan fingerprint density at radius 3 is 2.87 bits per heavy atom. The molecular formula is C24H28N6O. The monoisotopic (exact) mass is 416 g/mol. The van der Waals surface area contributed by atoms with Crippen LogP contribution >= 0.6 is 0 Å². The van der Waals surface area contributed by atoms with Crippen LogP contribution in [0.15, 0.2) is 54.9 Å². The predicted molar refractivity (Wildman–Crippen MR) is 123 cm³/mol. The van der Waals surface area contributed by atoms with Crippen molar-refractivity contribution in [3.05, 3.63) is 60.4 Å². The largest absolute Gasteiger partial charge is 0.365 e. The Hall–Kier alpha value is -3.03. The summed E-state index contributed by atoms with van der Waals surface area (Å²) < 4.78 is 0. The van der Waals surface area contributed by atoms with Crippen LogP contribution in [0.4, 0.5) is 11.5 Å². The van der Waals surface area contributed by atoms with Gasteiger partial charge in [0.2, 0.25) is 5.91 Å². The van der Waals surface area contributed by atoms with Gasteiger partial charge in [0.15, 0.2) is 0 Å². The molecule has 0 radical (unpaired) electrons. The van der Waals surface area contributed by atoms with Crippen molar-refractivity contribution in [3.63, 3.8) is 0 Å². The van der Waals surface area contributed by atoms with Crippen LogP contribution in [0.25, 0.3) is 10.9 Å². The number of fused-ring (bicyclic) bond motifs is 2. The van der Waals surface area contributed by atoms with Crippen LogP contribution in [-0.4, -0.2) is 64.4 Å². The molecule has 1 amide bonds. The van der Waals surface area contributed by atoms with Gasteiger partial charge in [-0.25, -0.2) is 9.97 Å². The molecule has 1 unspecified atom stereocenters. The molecular weight excluding hydrogens is 388 g/mol. The Labute approximate surface area is 182 Å². The highest BCUT2D eigenvalue weighted by Gasteiger charge is 2.31. The highest BCUT2D eigenvalue weighted by atomic mass is 16.2. The SMILES string of the molecule is O=C(CN1CCN2CCCC2C1)Nc1ccc2ncnc(NCc3ccccc3)c2c1. The molecule has 3 heterocycles. The number of anilines is 2. The van der Waals surface area contributed by atoms with Crippen molar-refractivity contribution >= 4 is 28.3 Å². The second-order valence-electron chi connectivity index (χ2n) is 8.41. The number of nitrogens with one attached hydrogen (secondary N) is 2. The maximum Gasteiger partial charge on any atom is 0.238 e. The maximum absolute atomic E-state index is 12.7. The Balaban J connectivity index is 1.25. The minimum Gasteiger partial charge on any atom is -0.365 e. The zero-order chi connectivity index (χ0) is 21.0. The van der Waals surface area contributed by atoms with Crippen LogP contribution < -0.4 is 10.6 Å². The van der Waals surface area contributed by atoms with Crippen molar-refractivity contribution in [3.8, 4) is 0 Å². The van der Waals surface area contributed by atoms with E-state index in [1.54, 1.807) is 6.33 Å². The Morgan fingerprint density at radius 2 is 1.97 bits per heavy atom. The molecule has 2 aliphatic heterocycles. The third-order valence-electron chi connectivity index (χ3n) is 6.26. The summed E-state index contributed by atoms with van der Waals surface area (Å²) in [5, 5.41) is 7.36. The van der Waals surface area contributed by atoms with Crippen LogP contribution in [0.3, 0.4) is 0 Å². The summed E-state index contributed by atoms with van der Waals surface area (Å²) in [6, 6.07) is 16.6. The van der Waals surface area contributed by atoms with E-state index in [0.717, 1.165) is 42.0 Å².